The van der Waals surface area contributed by atoms with Gasteiger partial charge >= 0.3 is 5.97 Å². The number of thiazole rings is 1. The molecule has 0 aromatic carbocycles. The Balaban J connectivity index is 2.47. The Kier molecular flexibility index (Phi) is 4.71. The Labute approximate surface area is 130 Å². The summed E-state index contributed by atoms with van der Waals surface area (Å²) in [6, 6.07) is 0. The zero-order valence-electron chi connectivity index (χ0n) is 12.3. The topological polar surface area (TPSA) is 86.7 Å². The second-order valence-electron chi connectivity index (χ2n) is 4.53. The zero-order valence-corrected chi connectivity index (χ0v) is 13.2. The number of rotatable bonds is 5. The van der Waals surface area contributed by atoms with Crippen LogP contribution in [0.5, 0.6) is 0 Å². The van der Waals surface area contributed by atoms with Crippen molar-refractivity contribution >= 4 is 22.3 Å². The normalized spacial score (nSPS) is 13.7. The Morgan fingerprint density at radius 3 is 2.91 bits per heavy atom. The molecule has 1 unspecified atom stereocenters. The Morgan fingerprint density at radius 2 is 2.32 bits per heavy atom. The van der Waals surface area contributed by atoms with Crippen molar-refractivity contribution in [2.45, 2.75) is 19.8 Å². The number of nitro groups is 1. The lowest BCUT2D eigenvalue weighted by molar-refractivity contribution is -0.429. The van der Waals surface area contributed by atoms with Crippen LogP contribution in [0.4, 0.5) is 0 Å². The first-order valence-corrected chi connectivity index (χ1v) is 7.39. The smallest absolute Gasteiger partial charge is 0.358 e. The summed E-state index contributed by atoms with van der Waals surface area (Å²) in [5, 5.41) is 13.1. The summed E-state index contributed by atoms with van der Waals surface area (Å²) in [6.45, 7) is 3.54. The number of aromatic nitrogens is 2. The van der Waals surface area contributed by atoms with Crippen LogP contribution in [0.3, 0.4) is 0 Å². The van der Waals surface area contributed by atoms with Gasteiger partial charge in [0.2, 0.25) is 0 Å². The number of fused-ring (bicyclic) bond motifs is 1. The molecule has 2 aromatic rings. The predicted octanol–water partition coefficient (Wildman–Crippen LogP) is 3.02. The van der Waals surface area contributed by atoms with E-state index in [1.54, 1.807) is 35.8 Å². The highest BCUT2D eigenvalue weighted by molar-refractivity contribution is 7.15. The second-order valence-corrected chi connectivity index (χ2v) is 5.36. The number of ether oxygens (including phenoxy) is 1. The highest BCUT2D eigenvalue weighted by atomic mass is 32.1. The molecule has 2 heterocycles. The van der Waals surface area contributed by atoms with Gasteiger partial charge in [0.05, 0.1) is 18.0 Å². The van der Waals surface area contributed by atoms with E-state index >= 15 is 0 Å². The van der Waals surface area contributed by atoms with E-state index in [0.717, 1.165) is 0 Å². The Bertz CT molecular complexity index is 772. The molecule has 0 aliphatic heterocycles. The molecule has 7 nitrogen and oxygen atoms in total. The highest BCUT2D eigenvalue weighted by Gasteiger charge is 2.25. The SMILES string of the molecule is C/C=C\C=C(/C(C)c1csc2nc(C(=O)OC)cn12)[N+](=O)[O-]. The molecule has 0 saturated heterocycles. The van der Waals surface area contributed by atoms with E-state index in [-0.39, 0.29) is 11.4 Å². The molecule has 1 atom stereocenters. The number of hydrogen-bond donors (Lipinski definition) is 0. The van der Waals surface area contributed by atoms with Gasteiger partial charge in [0.25, 0.3) is 5.70 Å². The molecule has 0 aliphatic rings. The maximum atomic E-state index is 11.5. The molecule has 0 bridgehead atoms. The average Bonchev–Trinajstić information content (AvgIpc) is 3.06. The van der Waals surface area contributed by atoms with Crippen LogP contribution in [0.15, 0.2) is 35.5 Å². The minimum Gasteiger partial charge on any atom is -0.464 e. The molecular weight excluding hydrogens is 306 g/mol. The third-order valence-corrected chi connectivity index (χ3v) is 4.05. The molecule has 0 saturated carbocycles. The summed E-state index contributed by atoms with van der Waals surface area (Å²) in [5.74, 6) is -0.979. The fraction of sp³-hybridized carbons (Fsp3) is 0.286. The van der Waals surface area contributed by atoms with Crippen LogP contribution >= 0.6 is 11.3 Å². The summed E-state index contributed by atoms with van der Waals surface area (Å²) in [5.41, 5.74) is 0.962. The lowest BCUT2D eigenvalue weighted by atomic mass is 10.0. The van der Waals surface area contributed by atoms with Gasteiger partial charge in [-0.15, -0.1) is 11.3 Å². The standard InChI is InChI=1S/C14H15N3O4S/c1-4-5-6-11(17(19)20)9(2)12-8-22-14-15-10(7-16(12)14)13(18)21-3/h4-9H,1-3H3/b5-4-,11-6+. The van der Waals surface area contributed by atoms with Crippen molar-refractivity contribution in [2.75, 3.05) is 7.11 Å². The second kappa shape index (κ2) is 6.52. The number of carbonyl (C=O) groups excluding carboxylic acids is 1. The summed E-state index contributed by atoms with van der Waals surface area (Å²) in [7, 11) is 1.28. The van der Waals surface area contributed by atoms with E-state index in [1.807, 2.05) is 0 Å². The molecule has 0 amide bonds. The maximum Gasteiger partial charge on any atom is 0.358 e. The molecular formula is C14H15N3O4S. The Hall–Kier alpha value is -2.48. The quantitative estimate of drug-likeness (QED) is 0.365. The summed E-state index contributed by atoms with van der Waals surface area (Å²) >= 11 is 1.32. The van der Waals surface area contributed by atoms with Crippen LogP contribution < -0.4 is 0 Å². The Morgan fingerprint density at radius 1 is 1.59 bits per heavy atom. The molecule has 2 rings (SSSR count). The van der Waals surface area contributed by atoms with Gasteiger partial charge in [-0.25, -0.2) is 9.78 Å². The molecule has 22 heavy (non-hydrogen) atoms. The molecule has 0 N–H and O–H groups in total. The van der Waals surface area contributed by atoms with Crippen LogP contribution in [0.1, 0.15) is 35.9 Å². The fourth-order valence-corrected chi connectivity index (χ4v) is 2.99. The lowest BCUT2D eigenvalue weighted by Gasteiger charge is -2.07. The van der Waals surface area contributed by atoms with E-state index in [0.29, 0.717) is 10.7 Å². The maximum absolute atomic E-state index is 11.5. The van der Waals surface area contributed by atoms with Crippen molar-refractivity contribution in [3.63, 3.8) is 0 Å². The van der Waals surface area contributed by atoms with Gasteiger partial charge in [-0.05, 0) is 13.8 Å². The minimum atomic E-state index is -0.534. The first kappa shape index (κ1) is 15.9. The van der Waals surface area contributed by atoms with E-state index in [4.69, 9.17) is 0 Å². The number of allylic oxidation sites excluding steroid dienone is 4. The van der Waals surface area contributed by atoms with Crippen molar-refractivity contribution in [3.05, 3.63) is 57.0 Å². The fourth-order valence-electron chi connectivity index (χ4n) is 2.02. The van der Waals surface area contributed by atoms with E-state index in [1.165, 1.54) is 30.7 Å². The van der Waals surface area contributed by atoms with E-state index < -0.39 is 16.8 Å². The van der Waals surface area contributed by atoms with Crippen LogP contribution in [0.25, 0.3) is 4.96 Å². The van der Waals surface area contributed by atoms with Crippen LogP contribution in [-0.4, -0.2) is 27.4 Å². The van der Waals surface area contributed by atoms with Gasteiger partial charge < -0.3 is 4.74 Å². The van der Waals surface area contributed by atoms with E-state index in [9.17, 15) is 14.9 Å². The van der Waals surface area contributed by atoms with Crippen molar-refractivity contribution in [2.24, 2.45) is 0 Å². The van der Waals surface area contributed by atoms with Gasteiger partial charge in [0.1, 0.15) is 0 Å². The molecule has 8 heteroatoms. The van der Waals surface area contributed by atoms with Gasteiger partial charge in [-0.1, -0.05) is 12.2 Å². The first-order valence-electron chi connectivity index (χ1n) is 6.51. The average molecular weight is 321 g/mol. The summed E-state index contributed by atoms with van der Waals surface area (Å²) in [6.07, 6.45) is 6.38. The third kappa shape index (κ3) is 2.91. The summed E-state index contributed by atoms with van der Waals surface area (Å²) < 4.78 is 6.32. The van der Waals surface area contributed by atoms with Gasteiger partial charge in [0, 0.05) is 23.3 Å². The van der Waals surface area contributed by atoms with Gasteiger partial charge in [0.15, 0.2) is 10.7 Å². The monoisotopic (exact) mass is 321 g/mol. The van der Waals surface area contributed by atoms with Gasteiger partial charge in [-0.2, -0.15) is 0 Å². The van der Waals surface area contributed by atoms with Crippen molar-refractivity contribution in [1.82, 2.24) is 9.38 Å². The van der Waals surface area contributed by atoms with Crippen molar-refractivity contribution in [1.29, 1.82) is 0 Å². The largest absolute Gasteiger partial charge is 0.464 e. The number of esters is 1. The predicted molar refractivity (Wildman–Crippen MR) is 82.7 cm³/mol. The first-order chi connectivity index (χ1) is 10.5. The van der Waals surface area contributed by atoms with E-state index in [2.05, 4.69) is 9.72 Å². The molecule has 0 spiro atoms. The van der Waals surface area contributed by atoms with Crippen molar-refractivity contribution in [3.8, 4) is 0 Å². The number of hydrogen-bond acceptors (Lipinski definition) is 6. The number of methoxy groups -OCH3 is 1. The number of nitrogens with zero attached hydrogens (tertiary/aromatic N) is 3. The zero-order chi connectivity index (χ0) is 16.3. The molecule has 2 aromatic heterocycles. The minimum absolute atomic E-state index is 0.0751. The van der Waals surface area contributed by atoms with Crippen LogP contribution in [0, 0.1) is 10.1 Å². The number of imidazole rings is 1. The molecule has 116 valence electrons. The van der Waals surface area contributed by atoms with Crippen molar-refractivity contribution < 1.29 is 14.5 Å². The highest BCUT2D eigenvalue weighted by Crippen LogP contribution is 2.29. The third-order valence-electron chi connectivity index (χ3n) is 3.19. The van der Waals surface area contributed by atoms with Crippen LogP contribution in [-0.2, 0) is 4.74 Å². The van der Waals surface area contributed by atoms with Gasteiger partial charge in [-0.3, -0.25) is 14.5 Å². The lowest BCUT2D eigenvalue weighted by Crippen LogP contribution is -2.09. The summed E-state index contributed by atoms with van der Waals surface area (Å²) in [4.78, 5) is 27.1. The molecule has 0 aliphatic carbocycles. The molecule has 0 radical (unpaired) electrons. The molecule has 0 fully saturated rings. The number of carbonyl (C=O) groups is 1. The van der Waals surface area contributed by atoms with Crippen LogP contribution in [0.2, 0.25) is 0 Å².